The highest BCUT2D eigenvalue weighted by atomic mass is 32.1. The van der Waals surface area contributed by atoms with Crippen molar-refractivity contribution in [1.82, 2.24) is 9.78 Å². The molecule has 3 rings (SSSR count). The van der Waals surface area contributed by atoms with Crippen LogP contribution < -0.4 is 5.32 Å². The number of rotatable bonds is 6. The first-order valence-electron chi connectivity index (χ1n) is 8.29. The van der Waals surface area contributed by atoms with Crippen molar-refractivity contribution in [3.05, 3.63) is 34.0 Å². The summed E-state index contributed by atoms with van der Waals surface area (Å²) < 4.78 is 6.29. The van der Waals surface area contributed by atoms with Gasteiger partial charge in [0.25, 0.3) is 0 Å². The Balaban J connectivity index is 1.69. The number of carbonyl (C=O) groups excluding carboxylic acids is 2. The van der Waals surface area contributed by atoms with E-state index in [1.165, 1.54) is 35.4 Å². The average Bonchev–Trinajstić information content (AvgIpc) is 3.23. The number of fused-ring (bicyclic) bond motifs is 1. The zero-order chi connectivity index (χ0) is 18.7. The molecule has 0 spiro atoms. The van der Waals surface area contributed by atoms with Gasteiger partial charge in [0.2, 0.25) is 5.91 Å². The van der Waals surface area contributed by atoms with Gasteiger partial charge in [-0.3, -0.25) is 9.48 Å². The Morgan fingerprint density at radius 3 is 2.81 bits per heavy atom. The number of carboxylic acids is 1. The molecule has 0 aromatic carbocycles. The molecular formula is C17H19N3O5S. The fourth-order valence-corrected chi connectivity index (χ4v) is 4.27. The van der Waals surface area contributed by atoms with Crippen molar-refractivity contribution in [2.24, 2.45) is 0 Å². The molecule has 2 aromatic rings. The molecule has 138 valence electrons. The molecule has 1 aliphatic rings. The second-order valence-electron chi connectivity index (χ2n) is 5.97. The zero-order valence-electron chi connectivity index (χ0n) is 14.3. The van der Waals surface area contributed by atoms with E-state index in [4.69, 9.17) is 9.84 Å². The number of carboxylic acid groups (broad SMARTS) is 1. The Bertz CT molecular complexity index is 855. The molecule has 0 saturated carbocycles. The van der Waals surface area contributed by atoms with E-state index in [9.17, 15) is 14.4 Å². The monoisotopic (exact) mass is 377 g/mol. The van der Waals surface area contributed by atoms with Gasteiger partial charge in [0, 0.05) is 24.0 Å². The first-order valence-corrected chi connectivity index (χ1v) is 9.10. The number of aromatic carboxylic acids is 1. The SMILES string of the molecule is COC(=O)c1c(NC(=O)CCn2ccc(C(=O)O)n2)sc2c1CCCC2. The number of thiophene rings is 1. The Labute approximate surface area is 153 Å². The summed E-state index contributed by atoms with van der Waals surface area (Å²) in [6.45, 7) is 0.248. The summed E-state index contributed by atoms with van der Waals surface area (Å²) in [5.41, 5.74) is 1.39. The number of aryl methyl sites for hydroxylation is 2. The van der Waals surface area contributed by atoms with Crippen LogP contribution in [0.25, 0.3) is 0 Å². The number of methoxy groups -OCH3 is 1. The molecule has 0 atom stereocenters. The predicted molar refractivity (Wildman–Crippen MR) is 94.7 cm³/mol. The lowest BCUT2D eigenvalue weighted by Gasteiger charge is -2.11. The zero-order valence-corrected chi connectivity index (χ0v) is 15.1. The van der Waals surface area contributed by atoms with Gasteiger partial charge in [-0.1, -0.05) is 0 Å². The molecule has 0 unspecified atom stereocenters. The summed E-state index contributed by atoms with van der Waals surface area (Å²) in [7, 11) is 1.33. The van der Waals surface area contributed by atoms with E-state index in [0.717, 1.165) is 36.1 Å². The van der Waals surface area contributed by atoms with Gasteiger partial charge >= 0.3 is 11.9 Å². The predicted octanol–water partition coefficient (Wildman–Crippen LogP) is 2.34. The number of amides is 1. The van der Waals surface area contributed by atoms with Crippen LogP contribution >= 0.6 is 11.3 Å². The van der Waals surface area contributed by atoms with E-state index in [1.807, 2.05) is 0 Å². The van der Waals surface area contributed by atoms with Crippen molar-refractivity contribution in [3.63, 3.8) is 0 Å². The van der Waals surface area contributed by atoms with Crippen LogP contribution in [-0.4, -0.2) is 39.8 Å². The fourth-order valence-electron chi connectivity index (χ4n) is 2.98. The molecule has 0 fully saturated rings. The molecule has 1 amide bonds. The lowest BCUT2D eigenvalue weighted by atomic mass is 9.95. The summed E-state index contributed by atoms with van der Waals surface area (Å²) in [4.78, 5) is 36.4. The largest absolute Gasteiger partial charge is 0.476 e. The lowest BCUT2D eigenvalue weighted by Crippen LogP contribution is -2.17. The van der Waals surface area contributed by atoms with Crippen LogP contribution in [0.15, 0.2) is 12.3 Å². The topological polar surface area (TPSA) is 111 Å². The molecule has 0 saturated heterocycles. The number of ether oxygens (including phenoxy) is 1. The highest BCUT2D eigenvalue weighted by Crippen LogP contribution is 2.38. The number of nitrogens with zero attached hydrogens (tertiary/aromatic N) is 2. The maximum atomic E-state index is 12.3. The summed E-state index contributed by atoms with van der Waals surface area (Å²) in [5.74, 6) is -1.81. The molecule has 26 heavy (non-hydrogen) atoms. The third-order valence-electron chi connectivity index (χ3n) is 4.24. The third kappa shape index (κ3) is 3.77. The second-order valence-corrected chi connectivity index (χ2v) is 7.08. The third-order valence-corrected chi connectivity index (χ3v) is 5.45. The van der Waals surface area contributed by atoms with Crippen LogP contribution in [0.3, 0.4) is 0 Å². The van der Waals surface area contributed by atoms with Crippen LogP contribution in [0.5, 0.6) is 0 Å². The van der Waals surface area contributed by atoms with Crippen molar-refractivity contribution in [2.75, 3.05) is 12.4 Å². The number of esters is 1. The highest BCUT2D eigenvalue weighted by molar-refractivity contribution is 7.17. The van der Waals surface area contributed by atoms with E-state index in [0.29, 0.717) is 10.6 Å². The normalized spacial score (nSPS) is 13.1. The molecule has 8 nitrogen and oxygen atoms in total. The molecular weight excluding hydrogens is 358 g/mol. The molecule has 1 aliphatic carbocycles. The Kier molecular flexibility index (Phi) is 5.36. The summed E-state index contributed by atoms with van der Waals surface area (Å²) in [6.07, 6.45) is 5.45. The standard InChI is InChI=1S/C17H19N3O5S/c1-25-17(24)14-10-4-2-3-5-12(10)26-15(14)18-13(21)7-9-20-8-6-11(19-20)16(22)23/h6,8H,2-5,7,9H2,1H3,(H,18,21)(H,22,23). The van der Waals surface area contributed by atoms with Gasteiger partial charge in [-0.2, -0.15) is 5.10 Å². The molecule has 0 aliphatic heterocycles. The van der Waals surface area contributed by atoms with E-state index >= 15 is 0 Å². The van der Waals surface area contributed by atoms with Crippen LogP contribution in [-0.2, 0) is 28.9 Å². The number of aromatic nitrogens is 2. The van der Waals surface area contributed by atoms with E-state index < -0.39 is 11.9 Å². The molecule has 2 N–H and O–H groups in total. The van der Waals surface area contributed by atoms with Crippen molar-refractivity contribution < 1.29 is 24.2 Å². The van der Waals surface area contributed by atoms with Crippen LogP contribution in [0.2, 0.25) is 0 Å². The minimum atomic E-state index is -1.11. The molecule has 2 aromatic heterocycles. The van der Waals surface area contributed by atoms with Crippen LogP contribution in [0.4, 0.5) is 5.00 Å². The highest BCUT2D eigenvalue weighted by Gasteiger charge is 2.26. The average molecular weight is 377 g/mol. The minimum absolute atomic E-state index is 0.0654. The van der Waals surface area contributed by atoms with Crippen molar-refractivity contribution in [2.45, 2.75) is 38.6 Å². The van der Waals surface area contributed by atoms with E-state index in [2.05, 4.69) is 10.4 Å². The Morgan fingerprint density at radius 2 is 2.12 bits per heavy atom. The van der Waals surface area contributed by atoms with Crippen molar-refractivity contribution in [1.29, 1.82) is 0 Å². The van der Waals surface area contributed by atoms with Gasteiger partial charge in [0.05, 0.1) is 12.7 Å². The summed E-state index contributed by atoms with van der Waals surface area (Å²) in [6, 6.07) is 1.38. The maximum Gasteiger partial charge on any atom is 0.356 e. The fraction of sp³-hybridized carbons (Fsp3) is 0.412. The van der Waals surface area contributed by atoms with Gasteiger partial charge in [0.1, 0.15) is 5.00 Å². The number of carbonyl (C=O) groups is 3. The Morgan fingerprint density at radius 1 is 1.35 bits per heavy atom. The minimum Gasteiger partial charge on any atom is -0.476 e. The maximum absolute atomic E-state index is 12.3. The van der Waals surface area contributed by atoms with Gasteiger partial charge in [0.15, 0.2) is 5.69 Å². The molecule has 0 radical (unpaired) electrons. The van der Waals surface area contributed by atoms with Gasteiger partial charge < -0.3 is 15.2 Å². The molecule has 0 bridgehead atoms. The van der Waals surface area contributed by atoms with Gasteiger partial charge in [-0.15, -0.1) is 11.3 Å². The first-order chi connectivity index (χ1) is 12.5. The lowest BCUT2D eigenvalue weighted by molar-refractivity contribution is -0.116. The van der Waals surface area contributed by atoms with E-state index in [1.54, 1.807) is 0 Å². The van der Waals surface area contributed by atoms with E-state index in [-0.39, 0.29) is 24.6 Å². The number of hydrogen-bond acceptors (Lipinski definition) is 6. The number of hydrogen-bond donors (Lipinski definition) is 2. The Hall–Kier alpha value is -2.68. The van der Waals surface area contributed by atoms with Crippen LogP contribution in [0, 0.1) is 0 Å². The first kappa shape index (κ1) is 18.1. The summed E-state index contributed by atoms with van der Waals surface area (Å²) >= 11 is 1.43. The van der Waals surface area contributed by atoms with Crippen molar-refractivity contribution >= 4 is 34.2 Å². The molecule has 9 heteroatoms. The number of anilines is 1. The van der Waals surface area contributed by atoms with Gasteiger partial charge in [-0.05, 0) is 37.3 Å². The van der Waals surface area contributed by atoms with Gasteiger partial charge in [-0.25, -0.2) is 9.59 Å². The van der Waals surface area contributed by atoms with Crippen molar-refractivity contribution in [3.8, 4) is 0 Å². The summed E-state index contributed by atoms with van der Waals surface area (Å²) in [5, 5.41) is 16.1. The quantitative estimate of drug-likeness (QED) is 0.748. The smallest absolute Gasteiger partial charge is 0.356 e. The second kappa shape index (κ2) is 7.69. The van der Waals surface area contributed by atoms with Crippen LogP contribution in [0.1, 0.15) is 50.5 Å². The molecule has 2 heterocycles. The number of nitrogens with one attached hydrogen (secondary N) is 1.